The minimum absolute atomic E-state index is 0.188. The van der Waals surface area contributed by atoms with E-state index in [-0.39, 0.29) is 11.1 Å². The van der Waals surface area contributed by atoms with Crippen LogP contribution in [-0.2, 0) is 0 Å². The molecule has 0 aliphatic carbocycles. The number of aliphatic hydroxyl groups is 1. The van der Waals surface area contributed by atoms with Crippen LogP contribution in [0.1, 0.15) is 23.2 Å². The van der Waals surface area contributed by atoms with Gasteiger partial charge in [0.2, 0.25) is 0 Å². The summed E-state index contributed by atoms with van der Waals surface area (Å²) in [5.41, 5.74) is 0.376. The van der Waals surface area contributed by atoms with Crippen molar-refractivity contribution in [2.75, 3.05) is 0 Å². The number of hydrogen-bond acceptors (Lipinski definition) is 5. The zero-order valence-electron chi connectivity index (χ0n) is 11.4. The molecule has 22 heavy (non-hydrogen) atoms. The summed E-state index contributed by atoms with van der Waals surface area (Å²) in [6.45, 7) is 0. The van der Waals surface area contributed by atoms with E-state index in [0.29, 0.717) is 0 Å². The Hall–Kier alpha value is -2.80. The zero-order chi connectivity index (χ0) is 16.1. The van der Waals surface area contributed by atoms with Crippen LogP contribution in [0.3, 0.4) is 0 Å². The van der Waals surface area contributed by atoms with Gasteiger partial charge in [-0.1, -0.05) is 60.7 Å². The van der Waals surface area contributed by atoms with Crippen LogP contribution in [0.5, 0.6) is 0 Å². The number of hydrogen-bond donors (Lipinski definition) is 1. The molecule has 2 aromatic rings. The molecule has 113 valence electrons. The summed E-state index contributed by atoms with van der Waals surface area (Å²) >= 11 is 0. The molecule has 0 aliphatic rings. The minimum Gasteiger partial charge on any atom is -0.374 e. The molecule has 1 N–H and O–H groups in total. The maximum Gasteiger partial charge on any atom is 0.277 e. The van der Waals surface area contributed by atoms with E-state index in [9.17, 15) is 25.3 Å². The van der Waals surface area contributed by atoms with Crippen molar-refractivity contribution >= 4 is 0 Å². The summed E-state index contributed by atoms with van der Waals surface area (Å²) in [7, 11) is 0. The van der Waals surface area contributed by atoms with Gasteiger partial charge in [0.1, 0.15) is 0 Å². The molecule has 7 nitrogen and oxygen atoms in total. The summed E-state index contributed by atoms with van der Waals surface area (Å²) in [6, 6.07) is 12.1. The molecular formula is C15H13N2O5. The molecule has 2 unspecified atom stereocenters. The summed E-state index contributed by atoms with van der Waals surface area (Å²) in [5, 5.41) is 32.9. The second-order valence-electron chi connectivity index (χ2n) is 4.62. The Balaban J connectivity index is 2.42. The molecule has 0 aliphatic heterocycles. The third-order valence-electron chi connectivity index (χ3n) is 3.21. The lowest BCUT2D eigenvalue weighted by molar-refractivity contribution is -0.568. The van der Waals surface area contributed by atoms with Gasteiger partial charge in [0.15, 0.2) is 0 Å². The number of benzene rings is 2. The second-order valence-corrected chi connectivity index (χ2v) is 4.62. The molecule has 0 heterocycles. The van der Waals surface area contributed by atoms with Crippen molar-refractivity contribution in [3.8, 4) is 0 Å². The molecule has 0 spiro atoms. The summed E-state index contributed by atoms with van der Waals surface area (Å²) < 4.78 is 0. The van der Waals surface area contributed by atoms with Crippen molar-refractivity contribution in [3.05, 3.63) is 98.1 Å². The Bertz CT molecular complexity index is 590. The lowest BCUT2D eigenvalue weighted by Crippen LogP contribution is -2.28. The molecule has 2 aromatic carbocycles. The topological polar surface area (TPSA) is 107 Å². The average Bonchev–Trinajstić information content (AvgIpc) is 2.49. The Morgan fingerprint density at radius 3 is 1.36 bits per heavy atom. The largest absolute Gasteiger partial charge is 0.374 e. The fourth-order valence-electron chi connectivity index (χ4n) is 2.22. The highest BCUT2D eigenvalue weighted by atomic mass is 16.6. The maximum absolute atomic E-state index is 11.3. The molecule has 0 saturated heterocycles. The summed E-state index contributed by atoms with van der Waals surface area (Å²) in [5.74, 6) is 0. The Morgan fingerprint density at radius 2 is 1.09 bits per heavy atom. The summed E-state index contributed by atoms with van der Waals surface area (Å²) in [6.07, 6.45) is -0.813. The van der Waals surface area contributed by atoms with Crippen LogP contribution in [0, 0.1) is 26.3 Å². The van der Waals surface area contributed by atoms with E-state index in [4.69, 9.17) is 0 Å². The van der Waals surface area contributed by atoms with Gasteiger partial charge in [0, 0.05) is 21.0 Å². The Kier molecular flexibility index (Phi) is 4.80. The fraction of sp³-hybridized carbons (Fsp3) is 0.133. The monoisotopic (exact) mass is 301 g/mol. The van der Waals surface area contributed by atoms with Gasteiger partial charge in [-0.15, -0.1) is 0 Å². The van der Waals surface area contributed by atoms with Gasteiger partial charge in [-0.25, -0.2) is 0 Å². The van der Waals surface area contributed by atoms with E-state index in [1.165, 1.54) is 24.3 Å². The average molecular weight is 301 g/mol. The fourth-order valence-corrected chi connectivity index (χ4v) is 2.22. The van der Waals surface area contributed by atoms with Crippen molar-refractivity contribution in [1.82, 2.24) is 0 Å². The van der Waals surface area contributed by atoms with Crippen LogP contribution in [0.15, 0.2) is 60.7 Å². The third-order valence-corrected chi connectivity index (χ3v) is 3.21. The normalized spacial score (nSPS) is 13.5. The van der Waals surface area contributed by atoms with Gasteiger partial charge in [-0.3, -0.25) is 20.2 Å². The minimum atomic E-state index is -1.66. The quantitative estimate of drug-likeness (QED) is 0.652. The summed E-state index contributed by atoms with van der Waals surface area (Å²) in [4.78, 5) is 21.1. The number of rotatable bonds is 6. The van der Waals surface area contributed by atoms with E-state index in [0.717, 1.165) is 0 Å². The first kappa shape index (κ1) is 15.6. The lowest BCUT2D eigenvalue weighted by atomic mass is 9.92. The van der Waals surface area contributed by atoms with Crippen LogP contribution in [-0.4, -0.2) is 15.0 Å². The van der Waals surface area contributed by atoms with Crippen LogP contribution >= 0.6 is 0 Å². The van der Waals surface area contributed by atoms with Crippen molar-refractivity contribution in [3.63, 3.8) is 0 Å². The number of aliphatic hydroxyl groups excluding tert-OH is 1. The predicted molar refractivity (Wildman–Crippen MR) is 77.5 cm³/mol. The number of nitro groups is 2. The Morgan fingerprint density at radius 1 is 0.773 bits per heavy atom. The molecule has 1 radical (unpaired) electrons. The van der Waals surface area contributed by atoms with Crippen molar-refractivity contribution in [2.24, 2.45) is 0 Å². The first-order chi connectivity index (χ1) is 10.5. The molecule has 7 heteroatoms. The molecule has 0 bridgehead atoms. The third kappa shape index (κ3) is 3.26. The van der Waals surface area contributed by atoms with Gasteiger partial charge in [-0.05, 0) is 0 Å². The van der Waals surface area contributed by atoms with E-state index in [1.54, 1.807) is 36.4 Å². The molecule has 0 saturated carbocycles. The lowest BCUT2D eigenvalue weighted by Gasteiger charge is -2.18. The van der Waals surface area contributed by atoms with E-state index in [2.05, 4.69) is 0 Å². The maximum atomic E-state index is 11.3. The predicted octanol–water partition coefficient (Wildman–Crippen LogP) is 2.93. The van der Waals surface area contributed by atoms with Gasteiger partial charge in [-0.2, -0.15) is 0 Å². The van der Waals surface area contributed by atoms with Crippen LogP contribution in [0.25, 0.3) is 0 Å². The van der Waals surface area contributed by atoms with Crippen LogP contribution in [0.2, 0.25) is 0 Å². The van der Waals surface area contributed by atoms with Gasteiger partial charge >= 0.3 is 0 Å². The van der Waals surface area contributed by atoms with Crippen molar-refractivity contribution < 1.29 is 15.0 Å². The van der Waals surface area contributed by atoms with Gasteiger partial charge < -0.3 is 5.11 Å². The smallest absolute Gasteiger partial charge is 0.277 e. The zero-order valence-corrected chi connectivity index (χ0v) is 11.4. The van der Waals surface area contributed by atoms with Gasteiger partial charge in [0.05, 0.1) is 0 Å². The highest BCUT2D eigenvalue weighted by molar-refractivity contribution is 5.27. The van der Waals surface area contributed by atoms with E-state index < -0.39 is 28.0 Å². The van der Waals surface area contributed by atoms with Gasteiger partial charge in [0.25, 0.3) is 18.2 Å². The molecule has 0 fully saturated rings. The second kappa shape index (κ2) is 6.77. The first-order valence-electron chi connectivity index (χ1n) is 6.45. The Labute approximate surface area is 126 Å². The number of nitrogens with zero attached hydrogens (tertiary/aromatic N) is 2. The standard InChI is InChI=1S/C15H13N2O5/c18-15(13(16(19)20)11-7-3-1-4-8-11)14(17(21)22)12-9-5-2-6-10-12/h1-10,13-14,18H. The highest BCUT2D eigenvalue weighted by Gasteiger charge is 2.46. The molecular weight excluding hydrogens is 288 g/mol. The molecule has 2 rings (SSSR count). The van der Waals surface area contributed by atoms with Crippen LogP contribution in [0.4, 0.5) is 0 Å². The highest BCUT2D eigenvalue weighted by Crippen LogP contribution is 2.36. The van der Waals surface area contributed by atoms with Crippen molar-refractivity contribution in [2.45, 2.75) is 12.1 Å². The molecule has 2 atom stereocenters. The van der Waals surface area contributed by atoms with E-state index >= 15 is 0 Å². The molecule has 0 aromatic heterocycles. The van der Waals surface area contributed by atoms with Crippen molar-refractivity contribution in [1.29, 1.82) is 0 Å². The SMILES string of the molecule is O=[N+]([O-])C([C](O)C(c1ccccc1)[N+](=O)[O-])c1ccccc1. The first-order valence-corrected chi connectivity index (χ1v) is 6.45. The van der Waals surface area contributed by atoms with Crippen LogP contribution < -0.4 is 0 Å². The van der Waals surface area contributed by atoms with E-state index in [1.807, 2.05) is 0 Å². The molecule has 0 amide bonds.